The molecule has 1 heteroatoms. The van der Waals surface area contributed by atoms with Crippen molar-refractivity contribution in [2.24, 2.45) is 0 Å². The average Bonchev–Trinajstić information content (AvgIpc) is 1.36. The third-order valence-electron chi connectivity index (χ3n) is 0.679. The molecule has 36 valence electrons. The number of halogens is 1. The molecule has 0 spiro atoms. The summed E-state index contributed by atoms with van der Waals surface area (Å²) >= 11 is 2.33. The molecule has 0 saturated carbocycles. The van der Waals surface area contributed by atoms with Crippen molar-refractivity contribution in [3.8, 4) is 0 Å². The molecule has 0 aromatic rings. The zero-order chi connectivity index (χ0) is 5.15. The molecule has 0 aliphatic rings. The van der Waals surface area contributed by atoms with E-state index < -0.39 is 0 Å². The molecule has 0 nitrogen and oxygen atoms in total. The topological polar surface area (TPSA) is 0 Å². The first-order valence-electron chi connectivity index (χ1n) is 1.94. The Balaban J connectivity index is 3.26. The highest BCUT2D eigenvalue weighted by Crippen LogP contribution is 2.06. The average molecular weight is 196 g/mol. The standard InChI is InChI=1S/C5H9I/c1-4(2)5(3)6/h5H,1H2,2-3H3. The Kier molecular flexibility index (Phi) is 2.82. The summed E-state index contributed by atoms with van der Waals surface area (Å²) in [5.74, 6) is 0. The Hall–Kier alpha value is 0.470. The molecular formula is C5H9I. The molecule has 1 atom stereocenters. The van der Waals surface area contributed by atoms with Gasteiger partial charge in [-0.25, -0.2) is 0 Å². The summed E-state index contributed by atoms with van der Waals surface area (Å²) < 4.78 is 0.627. The fourth-order valence-corrected chi connectivity index (χ4v) is 0. The van der Waals surface area contributed by atoms with Crippen LogP contribution < -0.4 is 0 Å². The first-order chi connectivity index (χ1) is 2.64. The van der Waals surface area contributed by atoms with Gasteiger partial charge in [0.05, 0.1) is 0 Å². The molecule has 0 heterocycles. The van der Waals surface area contributed by atoms with E-state index in [9.17, 15) is 0 Å². The molecule has 6 heavy (non-hydrogen) atoms. The van der Waals surface area contributed by atoms with Crippen LogP contribution in [0.1, 0.15) is 13.8 Å². The van der Waals surface area contributed by atoms with Gasteiger partial charge in [0.2, 0.25) is 0 Å². The normalized spacial score (nSPS) is 13.8. The van der Waals surface area contributed by atoms with Gasteiger partial charge in [-0.2, -0.15) is 0 Å². The molecule has 0 fully saturated rings. The van der Waals surface area contributed by atoms with Gasteiger partial charge in [-0.1, -0.05) is 34.7 Å². The zero-order valence-corrected chi connectivity index (χ0v) is 6.32. The number of hydrogen-bond acceptors (Lipinski definition) is 0. The lowest BCUT2D eigenvalue weighted by Crippen LogP contribution is -1.86. The Morgan fingerprint density at radius 3 is 2.00 bits per heavy atom. The zero-order valence-electron chi connectivity index (χ0n) is 4.16. The van der Waals surface area contributed by atoms with Gasteiger partial charge in [0.15, 0.2) is 0 Å². The van der Waals surface area contributed by atoms with Crippen LogP contribution in [0.3, 0.4) is 0 Å². The van der Waals surface area contributed by atoms with Crippen LogP contribution in [-0.2, 0) is 0 Å². The Bertz CT molecular complexity index is 55.0. The molecule has 0 radical (unpaired) electrons. The summed E-state index contributed by atoms with van der Waals surface area (Å²) in [5, 5.41) is 0. The van der Waals surface area contributed by atoms with E-state index in [0.717, 1.165) is 0 Å². The molecule has 0 saturated heterocycles. The Labute approximate surface area is 52.8 Å². The van der Waals surface area contributed by atoms with Gasteiger partial charge in [0.25, 0.3) is 0 Å². The summed E-state index contributed by atoms with van der Waals surface area (Å²) in [6, 6.07) is 0. The maximum atomic E-state index is 3.75. The fourth-order valence-electron chi connectivity index (χ4n) is 0. The fraction of sp³-hybridized carbons (Fsp3) is 0.600. The van der Waals surface area contributed by atoms with E-state index in [1.807, 2.05) is 6.92 Å². The smallest absolute Gasteiger partial charge is 0.0285 e. The Morgan fingerprint density at radius 1 is 1.83 bits per heavy atom. The molecule has 0 bridgehead atoms. The molecular weight excluding hydrogens is 187 g/mol. The van der Waals surface area contributed by atoms with Crippen molar-refractivity contribution in [1.82, 2.24) is 0 Å². The second kappa shape index (κ2) is 2.61. The van der Waals surface area contributed by atoms with Gasteiger partial charge < -0.3 is 0 Å². The van der Waals surface area contributed by atoms with Crippen LogP contribution in [0.5, 0.6) is 0 Å². The SMILES string of the molecule is C=C(C)C(C)I. The highest BCUT2D eigenvalue weighted by Gasteiger charge is 1.89. The highest BCUT2D eigenvalue weighted by molar-refractivity contribution is 14.1. The van der Waals surface area contributed by atoms with Gasteiger partial charge in [-0.05, 0) is 13.8 Å². The molecule has 0 aliphatic heterocycles. The third-order valence-corrected chi connectivity index (χ3v) is 1.74. The number of rotatable bonds is 1. The van der Waals surface area contributed by atoms with Crippen LogP contribution in [0.4, 0.5) is 0 Å². The highest BCUT2D eigenvalue weighted by atomic mass is 127. The van der Waals surface area contributed by atoms with Crippen molar-refractivity contribution < 1.29 is 0 Å². The monoisotopic (exact) mass is 196 g/mol. The van der Waals surface area contributed by atoms with Gasteiger partial charge in [0, 0.05) is 3.92 Å². The first kappa shape index (κ1) is 6.47. The predicted octanol–water partition coefficient (Wildman–Crippen LogP) is 2.39. The van der Waals surface area contributed by atoms with Crippen molar-refractivity contribution in [3.63, 3.8) is 0 Å². The summed E-state index contributed by atoms with van der Waals surface area (Å²) in [6.45, 7) is 7.91. The van der Waals surface area contributed by atoms with E-state index in [1.165, 1.54) is 5.57 Å². The van der Waals surface area contributed by atoms with E-state index in [4.69, 9.17) is 0 Å². The van der Waals surface area contributed by atoms with Crippen molar-refractivity contribution in [2.75, 3.05) is 0 Å². The number of hydrogen-bond donors (Lipinski definition) is 0. The summed E-state index contributed by atoms with van der Waals surface area (Å²) in [6.07, 6.45) is 0. The van der Waals surface area contributed by atoms with Crippen LogP contribution >= 0.6 is 22.6 Å². The minimum atomic E-state index is 0.627. The number of allylic oxidation sites excluding steroid dienone is 1. The van der Waals surface area contributed by atoms with Crippen molar-refractivity contribution in [1.29, 1.82) is 0 Å². The van der Waals surface area contributed by atoms with Crippen LogP contribution in [0.25, 0.3) is 0 Å². The minimum absolute atomic E-state index is 0.627. The van der Waals surface area contributed by atoms with Crippen molar-refractivity contribution in [2.45, 2.75) is 17.8 Å². The van der Waals surface area contributed by atoms with E-state index in [0.29, 0.717) is 3.92 Å². The maximum Gasteiger partial charge on any atom is 0.0285 e. The molecule has 0 rings (SSSR count). The minimum Gasteiger partial charge on any atom is -0.0991 e. The van der Waals surface area contributed by atoms with Crippen LogP contribution in [0.2, 0.25) is 0 Å². The quantitative estimate of drug-likeness (QED) is 0.343. The molecule has 0 aromatic heterocycles. The lowest BCUT2D eigenvalue weighted by atomic mass is 10.3. The van der Waals surface area contributed by atoms with E-state index in [-0.39, 0.29) is 0 Å². The van der Waals surface area contributed by atoms with Gasteiger partial charge in [0.1, 0.15) is 0 Å². The largest absolute Gasteiger partial charge is 0.0991 e. The van der Waals surface area contributed by atoms with Gasteiger partial charge in [-0.3, -0.25) is 0 Å². The van der Waals surface area contributed by atoms with E-state index >= 15 is 0 Å². The van der Waals surface area contributed by atoms with E-state index in [2.05, 4.69) is 36.1 Å². The molecule has 1 unspecified atom stereocenters. The summed E-state index contributed by atoms with van der Waals surface area (Å²) in [5.41, 5.74) is 1.25. The van der Waals surface area contributed by atoms with Crippen molar-refractivity contribution in [3.05, 3.63) is 12.2 Å². The molecule has 0 aromatic carbocycles. The lowest BCUT2D eigenvalue weighted by molar-refractivity contribution is 1.17. The second-order valence-corrected chi connectivity index (χ2v) is 3.33. The van der Waals surface area contributed by atoms with Gasteiger partial charge in [-0.15, -0.1) is 0 Å². The summed E-state index contributed by atoms with van der Waals surface area (Å²) in [7, 11) is 0. The summed E-state index contributed by atoms with van der Waals surface area (Å²) in [4.78, 5) is 0. The third kappa shape index (κ3) is 2.69. The van der Waals surface area contributed by atoms with Crippen LogP contribution in [0, 0.1) is 0 Å². The second-order valence-electron chi connectivity index (χ2n) is 1.46. The molecule has 0 N–H and O–H groups in total. The molecule has 0 aliphatic carbocycles. The van der Waals surface area contributed by atoms with Gasteiger partial charge >= 0.3 is 0 Å². The molecule has 0 amide bonds. The Morgan fingerprint density at radius 2 is 2.00 bits per heavy atom. The first-order valence-corrected chi connectivity index (χ1v) is 3.18. The van der Waals surface area contributed by atoms with Crippen molar-refractivity contribution >= 4 is 22.6 Å². The van der Waals surface area contributed by atoms with Crippen LogP contribution in [-0.4, -0.2) is 3.92 Å². The maximum absolute atomic E-state index is 3.75. The van der Waals surface area contributed by atoms with E-state index in [1.54, 1.807) is 0 Å². The predicted molar refractivity (Wildman–Crippen MR) is 38.3 cm³/mol. The lowest BCUT2D eigenvalue weighted by Gasteiger charge is -1.95. The number of alkyl halides is 1. The van der Waals surface area contributed by atoms with Crippen LogP contribution in [0.15, 0.2) is 12.2 Å².